The second kappa shape index (κ2) is 8.73. The molecule has 0 amide bonds. The lowest BCUT2D eigenvalue weighted by atomic mass is 9.84. The quantitative estimate of drug-likeness (QED) is 0.310. The highest BCUT2D eigenvalue weighted by Crippen LogP contribution is 2.42. The molecule has 1 heterocycles. The molecular weight excluding hydrogens is 560 g/mol. The highest BCUT2D eigenvalue weighted by atomic mass is 127. The highest BCUT2D eigenvalue weighted by molar-refractivity contribution is 14.1. The zero-order valence-electron chi connectivity index (χ0n) is 15.9. The van der Waals surface area contributed by atoms with E-state index in [0.29, 0.717) is 11.3 Å². The van der Waals surface area contributed by atoms with Crippen LogP contribution in [0, 0.1) is 9.49 Å². The minimum Gasteiger partial charge on any atom is -0.465 e. The summed E-state index contributed by atoms with van der Waals surface area (Å²) in [6.45, 7) is -0.787. The van der Waals surface area contributed by atoms with Crippen molar-refractivity contribution in [1.29, 1.82) is 0 Å². The molecule has 1 aliphatic heterocycles. The first kappa shape index (κ1) is 24.0. The van der Waals surface area contributed by atoms with Gasteiger partial charge in [0.15, 0.2) is 6.17 Å². The number of benzene rings is 1. The summed E-state index contributed by atoms with van der Waals surface area (Å²) in [6.07, 6.45) is -3.53. The standard InChI is InChI=1S/C18H18F3IO8S/c19-14(18(20,21)31(25,26)27)5-8-28-15(23)10-3-6-17(7-4-10)29-13-2-1-11(22)9-12(13)16(24)30-17/h1-2,9-10,14H,3-8H2,(H,25,26,27). The van der Waals surface area contributed by atoms with Gasteiger partial charge in [0.25, 0.3) is 5.79 Å². The van der Waals surface area contributed by atoms with Crippen LogP contribution in [0.2, 0.25) is 0 Å². The Kier molecular flexibility index (Phi) is 6.77. The summed E-state index contributed by atoms with van der Waals surface area (Å²) in [4.78, 5) is 24.5. The first-order chi connectivity index (χ1) is 14.3. The van der Waals surface area contributed by atoms with E-state index >= 15 is 0 Å². The number of ether oxygens (including phenoxy) is 3. The summed E-state index contributed by atoms with van der Waals surface area (Å²) in [5.41, 5.74) is 0.307. The number of rotatable bonds is 6. The topological polar surface area (TPSA) is 116 Å². The van der Waals surface area contributed by atoms with Gasteiger partial charge in [-0.05, 0) is 53.6 Å². The van der Waals surface area contributed by atoms with Gasteiger partial charge in [-0.1, -0.05) is 0 Å². The first-order valence-corrected chi connectivity index (χ1v) is 11.7. The minimum absolute atomic E-state index is 0.191. The predicted molar refractivity (Wildman–Crippen MR) is 107 cm³/mol. The molecule has 0 bridgehead atoms. The second-order valence-corrected chi connectivity index (χ2v) is 10.0. The van der Waals surface area contributed by atoms with Crippen molar-refractivity contribution in [2.24, 2.45) is 5.92 Å². The lowest BCUT2D eigenvalue weighted by Crippen LogP contribution is -2.48. The van der Waals surface area contributed by atoms with Crippen molar-refractivity contribution in [3.63, 3.8) is 0 Å². The maximum Gasteiger partial charge on any atom is 0.400 e. The van der Waals surface area contributed by atoms with E-state index in [1.807, 2.05) is 0 Å². The van der Waals surface area contributed by atoms with Crippen LogP contribution >= 0.6 is 22.6 Å². The molecule has 13 heteroatoms. The molecule has 3 rings (SSSR count). The monoisotopic (exact) mass is 578 g/mol. The average molecular weight is 578 g/mol. The number of hydrogen-bond acceptors (Lipinski definition) is 7. The Hall–Kier alpha value is -1.61. The van der Waals surface area contributed by atoms with E-state index in [2.05, 4.69) is 22.6 Å². The summed E-state index contributed by atoms with van der Waals surface area (Å²) in [6, 6.07) is 5.07. The van der Waals surface area contributed by atoms with Crippen LogP contribution in [0.4, 0.5) is 13.2 Å². The number of alkyl halides is 3. The van der Waals surface area contributed by atoms with Gasteiger partial charge in [-0.25, -0.2) is 9.18 Å². The van der Waals surface area contributed by atoms with Crippen LogP contribution in [0.5, 0.6) is 5.75 Å². The number of fused-ring (bicyclic) bond motifs is 1. The smallest absolute Gasteiger partial charge is 0.400 e. The van der Waals surface area contributed by atoms with Crippen molar-refractivity contribution in [3.8, 4) is 5.75 Å². The molecule has 1 fully saturated rings. The van der Waals surface area contributed by atoms with E-state index in [1.54, 1.807) is 18.2 Å². The Morgan fingerprint density at radius 2 is 1.97 bits per heavy atom. The molecule has 1 saturated carbocycles. The largest absolute Gasteiger partial charge is 0.465 e. The molecule has 8 nitrogen and oxygen atoms in total. The third kappa shape index (κ3) is 5.08. The van der Waals surface area contributed by atoms with Gasteiger partial charge in [0, 0.05) is 22.8 Å². The molecule has 1 aromatic carbocycles. The van der Waals surface area contributed by atoms with E-state index in [4.69, 9.17) is 18.8 Å². The molecule has 0 aromatic heterocycles. The van der Waals surface area contributed by atoms with E-state index < -0.39 is 58.2 Å². The Balaban J connectivity index is 1.51. The highest BCUT2D eigenvalue weighted by Gasteiger charge is 2.52. The van der Waals surface area contributed by atoms with Crippen molar-refractivity contribution in [2.75, 3.05) is 6.61 Å². The fourth-order valence-corrected chi connectivity index (χ4v) is 4.34. The van der Waals surface area contributed by atoms with Gasteiger partial charge in [-0.3, -0.25) is 9.35 Å². The number of carbonyl (C=O) groups excluding carboxylic acids is 2. The van der Waals surface area contributed by atoms with Crippen molar-refractivity contribution < 1.29 is 49.9 Å². The maximum absolute atomic E-state index is 13.4. The Labute approximate surface area is 189 Å². The fraction of sp³-hybridized carbons (Fsp3) is 0.556. The van der Waals surface area contributed by atoms with E-state index in [9.17, 15) is 31.2 Å². The molecule has 1 atom stereocenters. The molecule has 0 radical (unpaired) electrons. The van der Waals surface area contributed by atoms with Crippen LogP contribution in [-0.4, -0.2) is 48.7 Å². The second-order valence-electron chi connectivity index (χ2n) is 7.28. The number of hydrogen-bond donors (Lipinski definition) is 1. The van der Waals surface area contributed by atoms with Crippen molar-refractivity contribution >= 4 is 44.6 Å². The third-order valence-corrected chi connectivity index (χ3v) is 6.76. The van der Waals surface area contributed by atoms with Gasteiger partial charge in [0.1, 0.15) is 11.3 Å². The molecule has 2 aliphatic rings. The summed E-state index contributed by atoms with van der Waals surface area (Å²) >= 11 is 2.05. The number of halogens is 4. The summed E-state index contributed by atoms with van der Waals surface area (Å²) in [5, 5.41) is -4.99. The molecule has 1 aliphatic carbocycles. The van der Waals surface area contributed by atoms with Crippen LogP contribution in [0.1, 0.15) is 42.5 Å². The maximum atomic E-state index is 13.4. The number of carbonyl (C=O) groups is 2. The van der Waals surface area contributed by atoms with Crippen molar-refractivity contribution in [1.82, 2.24) is 0 Å². The molecule has 1 unspecified atom stereocenters. The predicted octanol–water partition coefficient (Wildman–Crippen LogP) is 3.48. The molecule has 1 aromatic rings. The fourth-order valence-electron chi connectivity index (χ4n) is 3.40. The Morgan fingerprint density at radius 3 is 2.58 bits per heavy atom. The van der Waals surface area contributed by atoms with Gasteiger partial charge < -0.3 is 14.2 Å². The van der Waals surface area contributed by atoms with Gasteiger partial charge in [-0.15, -0.1) is 0 Å². The molecular formula is C18H18F3IO8S. The van der Waals surface area contributed by atoms with Crippen LogP contribution < -0.4 is 4.74 Å². The van der Waals surface area contributed by atoms with Gasteiger partial charge in [0.05, 0.1) is 12.5 Å². The number of esters is 2. The Bertz CT molecular complexity index is 976. The molecule has 1 spiro atoms. The lowest BCUT2D eigenvalue weighted by Gasteiger charge is -2.41. The average Bonchev–Trinajstić information content (AvgIpc) is 2.68. The lowest BCUT2D eigenvalue weighted by molar-refractivity contribution is -0.183. The summed E-state index contributed by atoms with van der Waals surface area (Å²) in [5.74, 6) is -2.78. The van der Waals surface area contributed by atoms with E-state index in [-0.39, 0.29) is 25.7 Å². The summed E-state index contributed by atoms with van der Waals surface area (Å²) < 4.78 is 86.1. The van der Waals surface area contributed by atoms with Crippen molar-refractivity contribution in [2.45, 2.75) is 49.3 Å². The van der Waals surface area contributed by atoms with Crippen LogP contribution in [0.15, 0.2) is 18.2 Å². The third-order valence-electron chi connectivity index (χ3n) is 5.14. The van der Waals surface area contributed by atoms with Crippen LogP contribution in [-0.2, 0) is 24.4 Å². The molecule has 31 heavy (non-hydrogen) atoms. The summed E-state index contributed by atoms with van der Waals surface area (Å²) in [7, 11) is -5.92. The molecule has 172 valence electrons. The van der Waals surface area contributed by atoms with Crippen molar-refractivity contribution in [3.05, 3.63) is 27.3 Å². The molecule has 0 saturated heterocycles. The minimum atomic E-state index is -5.92. The first-order valence-electron chi connectivity index (χ1n) is 9.22. The van der Waals surface area contributed by atoms with Crippen LogP contribution in [0.3, 0.4) is 0 Å². The zero-order chi connectivity index (χ0) is 23.0. The van der Waals surface area contributed by atoms with Gasteiger partial charge in [-0.2, -0.15) is 17.2 Å². The normalized spacial score (nSPS) is 24.7. The van der Waals surface area contributed by atoms with Gasteiger partial charge >= 0.3 is 27.3 Å². The zero-order valence-corrected chi connectivity index (χ0v) is 18.8. The van der Waals surface area contributed by atoms with Gasteiger partial charge in [0.2, 0.25) is 0 Å². The Morgan fingerprint density at radius 1 is 1.32 bits per heavy atom. The van der Waals surface area contributed by atoms with E-state index in [0.717, 1.165) is 3.57 Å². The van der Waals surface area contributed by atoms with Crippen LogP contribution in [0.25, 0.3) is 0 Å². The molecule has 1 N–H and O–H groups in total. The van der Waals surface area contributed by atoms with E-state index in [1.165, 1.54) is 0 Å². The SMILES string of the molecule is O=C1OC2(CCC(C(=O)OCCC(F)C(F)(F)S(=O)(=O)O)CC2)Oc2ccc(I)cc21.